The third-order valence-electron chi connectivity index (χ3n) is 3.02. The number of aromatic nitrogens is 3. The number of anilines is 1. The first-order valence-corrected chi connectivity index (χ1v) is 7.62. The third-order valence-corrected chi connectivity index (χ3v) is 4.08. The van der Waals surface area contributed by atoms with Crippen LogP contribution in [-0.4, -0.2) is 26.0 Å². The fraction of sp³-hybridized carbons (Fsp3) is 0.357. The van der Waals surface area contributed by atoms with Crippen molar-refractivity contribution in [1.82, 2.24) is 14.9 Å². The predicted octanol–water partition coefficient (Wildman–Crippen LogP) is 1.98. The number of thioether (sulfide) groups is 1. The van der Waals surface area contributed by atoms with Crippen LogP contribution in [0.4, 0.5) is 5.69 Å². The molecule has 6 nitrogen and oxygen atoms in total. The average molecular weight is 305 g/mol. The Morgan fingerprint density at radius 3 is 2.62 bits per heavy atom. The second-order valence-corrected chi connectivity index (χ2v) is 6.05. The van der Waals surface area contributed by atoms with Crippen LogP contribution in [0.1, 0.15) is 25.2 Å². The lowest BCUT2D eigenvalue weighted by Gasteiger charge is -2.11. The van der Waals surface area contributed by atoms with E-state index in [1.54, 1.807) is 0 Å². The molecule has 0 bridgehead atoms. The highest BCUT2D eigenvalue weighted by Gasteiger charge is 2.19. The van der Waals surface area contributed by atoms with Crippen LogP contribution < -0.4 is 11.2 Å². The van der Waals surface area contributed by atoms with E-state index in [9.17, 15) is 4.79 Å². The van der Waals surface area contributed by atoms with E-state index in [1.807, 2.05) is 45.0 Å². The Morgan fingerprint density at radius 1 is 1.38 bits per heavy atom. The first-order chi connectivity index (χ1) is 10.0. The Bertz CT molecular complexity index is 623. The maximum Gasteiger partial charge on any atom is 0.237 e. The second-order valence-electron chi connectivity index (χ2n) is 4.74. The molecule has 0 fully saturated rings. The summed E-state index contributed by atoms with van der Waals surface area (Å²) in [4.78, 5) is 12.2. The normalized spacial score (nSPS) is 12.1. The van der Waals surface area contributed by atoms with Gasteiger partial charge in [-0.1, -0.05) is 36.4 Å². The van der Waals surface area contributed by atoms with E-state index in [0.29, 0.717) is 17.4 Å². The Kier molecular flexibility index (Phi) is 4.85. The van der Waals surface area contributed by atoms with Crippen molar-refractivity contribution < 1.29 is 4.79 Å². The van der Waals surface area contributed by atoms with Gasteiger partial charge in [-0.25, -0.2) is 4.68 Å². The number of nitrogen functional groups attached to an aromatic ring is 1. The summed E-state index contributed by atoms with van der Waals surface area (Å²) in [5.41, 5.74) is 1.93. The molecular weight excluding hydrogens is 286 g/mol. The highest BCUT2D eigenvalue weighted by molar-refractivity contribution is 8.00. The molecule has 0 unspecified atom stereocenters. The molecule has 2 aromatic rings. The zero-order valence-corrected chi connectivity index (χ0v) is 13.1. The molecule has 0 aliphatic rings. The van der Waals surface area contributed by atoms with Gasteiger partial charge in [-0.05, 0) is 26.0 Å². The minimum absolute atomic E-state index is 0.0927. The van der Waals surface area contributed by atoms with Crippen molar-refractivity contribution in [3.8, 4) is 0 Å². The topological polar surface area (TPSA) is 85.8 Å². The van der Waals surface area contributed by atoms with Crippen molar-refractivity contribution in [3.05, 3.63) is 35.7 Å². The van der Waals surface area contributed by atoms with Gasteiger partial charge in [0.2, 0.25) is 11.1 Å². The van der Waals surface area contributed by atoms with Crippen LogP contribution in [0.5, 0.6) is 0 Å². The van der Waals surface area contributed by atoms with Crippen LogP contribution in [0.3, 0.4) is 0 Å². The summed E-state index contributed by atoms with van der Waals surface area (Å²) < 4.78 is 1.43. The summed E-state index contributed by atoms with van der Waals surface area (Å²) in [5, 5.41) is 11.1. The summed E-state index contributed by atoms with van der Waals surface area (Å²) >= 11 is 1.29. The average Bonchev–Trinajstić information content (AvgIpc) is 2.82. The summed E-state index contributed by atoms with van der Waals surface area (Å²) in [6, 6.07) is 7.67. The number of benzene rings is 1. The number of aryl methyl sites for hydroxylation is 2. The van der Waals surface area contributed by atoms with Gasteiger partial charge in [0.25, 0.3) is 0 Å². The number of nitrogens with two attached hydrogens (primary N) is 1. The van der Waals surface area contributed by atoms with Gasteiger partial charge in [0.1, 0.15) is 0 Å². The summed E-state index contributed by atoms with van der Waals surface area (Å²) in [6.45, 7) is 5.77. The van der Waals surface area contributed by atoms with Gasteiger partial charge in [0, 0.05) is 12.1 Å². The SMILES string of the molecule is CCc1nnc(S[C@@H](C)C(=O)Nc2ccc(C)cc2)n1N. The molecular formula is C14H19N5OS. The zero-order valence-electron chi connectivity index (χ0n) is 12.3. The van der Waals surface area contributed by atoms with Gasteiger partial charge < -0.3 is 11.2 Å². The number of nitrogens with one attached hydrogen (secondary N) is 1. The molecule has 1 atom stereocenters. The molecule has 1 heterocycles. The van der Waals surface area contributed by atoms with E-state index in [-0.39, 0.29) is 11.2 Å². The van der Waals surface area contributed by atoms with Crippen molar-refractivity contribution in [1.29, 1.82) is 0 Å². The van der Waals surface area contributed by atoms with Crippen LogP contribution in [0.25, 0.3) is 0 Å². The van der Waals surface area contributed by atoms with E-state index >= 15 is 0 Å². The van der Waals surface area contributed by atoms with Crippen molar-refractivity contribution in [2.45, 2.75) is 37.6 Å². The van der Waals surface area contributed by atoms with E-state index in [4.69, 9.17) is 5.84 Å². The summed E-state index contributed by atoms with van der Waals surface area (Å²) in [5.74, 6) is 6.48. The first kappa shape index (κ1) is 15.4. The largest absolute Gasteiger partial charge is 0.336 e. The van der Waals surface area contributed by atoms with Crippen LogP contribution in [-0.2, 0) is 11.2 Å². The van der Waals surface area contributed by atoms with Gasteiger partial charge in [-0.15, -0.1) is 10.2 Å². The monoisotopic (exact) mass is 305 g/mol. The fourth-order valence-corrected chi connectivity index (χ4v) is 2.51. The summed E-state index contributed by atoms with van der Waals surface area (Å²) in [6.07, 6.45) is 0.702. The van der Waals surface area contributed by atoms with Gasteiger partial charge in [-0.3, -0.25) is 4.79 Å². The molecule has 3 N–H and O–H groups in total. The standard InChI is InChI=1S/C14H19N5OS/c1-4-12-17-18-14(19(12)15)21-10(3)13(20)16-11-7-5-9(2)6-8-11/h5-8,10H,4,15H2,1-3H3,(H,16,20)/t10-/m0/s1. The molecule has 1 aromatic carbocycles. The molecule has 2 rings (SSSR count). The third kappa shape index (κ3) is 3.75. The smallest absolute Gasteiger partial charge is 0.237 e. The van der Waals surface area contributed by atoms with Gasteiger partial charge in [0.05, 0.1) is 5.25 Å². The molecule has 0 aliphatic carbocycles. The lowest BCUT2D eigenvalue weighted by Crippen LogP contribution is -2.23. The predicted molar refractivity (Wildman–Crippen MR) is 84.7 cm³/mol. The van der Waals surface area contributed by atoms with Gasteiger partial charge >= 0.3 is 0 Å². The number of hydrogen-bond donors (Lipinski definition) is 2. The van der Waals surface area contributed by atoms with E-state index in [0.717, 1.165) is 11.3 Å². The number of carbonyl (C=O) groups excluding carboxylic acids is 1. The molecule has 0 radical (unpaired) electrons. The Labute approximate surface area is 128 Å². The minimum atomic E-state index is -0.317. The molecule has 21 heavy (non-hydrogen) atoms. The number of carbonyl (C=O) groups is 1. The lowest BCUT2D eigenvalue weighted by atomic mass is 10.2. The highest BCUT2D eigenvalue weighted by atomic mass is 32.2. The number of rotatable bonds is 5. The van der Waals surface area contributed by atoms with Crippen LogP contribution in [0.15, 0.2) is 29.4 Å². The van der Waals surface area contributed by atoms with Crippen LogP contribution >= 0.6 is 11.8 Å². The molecule has 1 amide bonds. The van der Waals surface area contributed by atoms with Gasteiger partial charge in [0.15, 0.2) is 5.82 Å². The van der Waals surface area contributed by atoms with Gasteiger partial charge in [-0.2, -0.15) is 0 Å². The quantitative estimate of drug-likeness (QED) is 0.651. The van der Waals surface area contributed by atoms with Crippen molar-refractivity contribution in [2.24, 2.45) is 0 Å². The fourth-order valence-electron chi connectivity index (χ4n) is 1.72. The van der Waals surface area contributed by atoms with E-state index in [1.165, 1.54) is 16.4 Å². The van der Waals surface area contributed by atoms with Crippen molar-refractivity contribution >= 4 is 23.4 Å². The summed E-state index contributed by atoms with van der Waals surface area (Å²) in [7, 11) is 0. The van der Waals surface area contributed by atoms with E-state index in [2.05, 4.69) is 15.5 Å². The molecule has 0 saturated carbocycles. The molecule has 0 saturated heterocycles. The molecule has 1 aromatic heterocycles. The number of hydrogen-bond acceptors (Lipinski definition) is 5. The second kappa shape index (κ2) is 6.62. The molecule has 0 aliphatic heterocycles. The number of nitrogens with zero attached hydrogens (tertiary/aromatic N) is 3. The minimum Gasteiger partial charge on any atom is -0.336 e. The maximum atomic E-state index is 12.2. The molecule has 112 valence electrons. The van der Waals surface area contributed by atoms with Crippen LogP contribution in [0.2, 0.25) is 0 Å². The van der Waals surface area contributed by atoms with Crippen molar-refractivity contribution in [3.63, 3.8) is 0 Å². The molecule has 0 spiro atoms. The Morgan fingerprint density at radius 2 is 2.05 bits per heavy atom. The Hall–Kier alpha value is -2.02. The van der Waals surface area contributed by atoms with E-state index < -0.39 is 0 Å². The lowest BCUT2D eigenvalue weighted by molar-refractivity contribution is -0.115. The van der Waals surface area contributed by atoms with Crippen LogP contribution in [0, 0.1) is 6.92 Å². The maximum absolute atomic E-state index is 12.2. The first-order valence-electron chi connectivity index (χ1n) is 6.74. The molecule has 7 heteroatoms. The Balaban J connectivity index is 1.99. The zero-order chi connectivity index (χ0) is 15.4. The number of amides is 1. The van der Waals surface area contributed by atoms with Crippen molar-refractivity contribution in [2.75, 3.05) is 11.2 Å². The highest BCUT2D eigenvalue weighted by Crippen LogP contribution is 2.22.